The lowest BCUT2D eigenvalue weighted by Gasteiger charge is -2.11. The number of imide groups is 1. The normalized spacial score (nSPS) is 11.5. The summed E-state index contributed by atoms with van der Waals surface area (Å²) in [6, 6.07) is 6.33. The Morgan fingerprint density at radius 3 is 2.67 bits per heavy atom. The van der Waals surface area contributed by atoms with Crippen LogP contribution in [0.5, 0.6) is 0 Å². The Hall–Kier alpha value is -1.73. The van der Waals surface area contributed by atoms with E-state index >= 15 is 0 Å². The number of amides is 3. The van der Waals surface area contributed by atoms with Crippen molar-refractivity contribution in [2.75, 3.05) is 5.75 Å². The summed E-state index contributed by atoms with van der Waals surface area (Å²) < 4.78 is 4.87. The first kappa shape index (κ1) is 17.3. The molecule has 0 aromatic heterocycles. The van der Waals surface area contributed by atoms with Gasteiger partial charge in [-0.1, -0.05) is 29.8 Å². The first-order chi connectivity index (χ1) is 9.90. The number of hydrogen-bond donors (Lipinski definition) is 2. The molecule has 0 fully saturated rings. The van der Waals surface area contributed by atoms with Crippen LogP contribution in [0.15, 0.2) is 24.3 Å². The van der Waals surface area contributed by atoms with E-state index in [4.69, 9.17) is 22.1 Å². The lowest BCUT2D eigenvalue weighted by molar-refractivity contribution is -0.151. The first-order valence-electron chi connectivity index (χ1n) is 6.01. The molecule has 8 heteroatoms. The number of carbonyl (C=O) groups excluding carboxylic acids is 3. The van der Waals surface area contributed by atoms with Crippen LogP contribution in [0.2, 0.25) is 5.02 Å². The van der Waals surface area contributed by atoms with Gasteiger partial charge in [-0.25, -0.2) is 4.79 Å². The summed E-state index contributed by atoms with van der Waals surface area (Å²) >= 11 is 7.30. The fraction of sp³-hybridized carbons (Fsp3) is 0.308. The number of carbonyl (C=O) groups is 3. The lowest BCUT2D eigenvalue weighted by atomic mass is 10.2. The Morgan fingerprint density at radius 1 is 1.38 bits per heavy atom. The molecule has 1 atom stereocenters. The molecule has 0 aliphatic carbocycles. The Labute approximate surface area is 131 Å². The Kier molecular flexibility index (Phi) is 7.04. The molecule has 0 aliphatic rings. The fourth-order valence-corrected chi connectivity index (χ4v) is 2.46. The maximum atomic E-state index is 11.5. The van der Waals surface area contributed by atoms with Crippen molar-refractivity contribution in [1.82, 2.24) is 5.32 Å². The summed E-state index contributed by atoms with van der Waals surface area (Å²) in [6.07, 6.45) is -1.08. The molecule has 0 aliphatic heterocycles. The van der Waals surface area contributed by atoms with Crippen LogP contribution in [0.1, 0.15) is 12.5 Å². The van der Waals surface area contributed by atoms with Crippen molar-refractivity contribution >= 4 is 41.3 Å². The summed E-state index contributed by atoms with van der Waals surface area (Å²) in [7, 11) is 0. The molecule has 3 N–H and O–H groups in total. The van der Waals surface area contributed by atoms with Gasteiger partial charge in [0.2, 0.25) is 0 Å². The second kappa shape index (κ2) is 8.53. The van der Waals surface area contributed by atoms with Crippen molar-refractivity contribution in [2.45, 2.75) is 18.8 Å². The van der Waals surface area contributed by atoms with E-state index in [0.29, 0.717) is 10.8 Å². The summed E-state index contributed by atoms with van der Waals surface area (Å²) in [6.45, 7) is 1.36. The Bertz CT molecular complexity index is 539. The maximum absolute atomic E-state index is 11.5. The number of primary amides is 1. The van der Waals surface area contributed by atoms with Gasteiger partial charge in [0.25, 0.3) is 5.91 Å². The molecule has 0 bridgehead atoms. The number of esters is 1. The zero-order chi connectivity index (χ0) is 15.8. The molecule has 0 heterocycles. The van der Waals surface area contributed by atoms with Crippen LogP contribution < -0.4 is 11.1 Å². The predicted octanol–water partition coefficient (Wildman–Crippen LogP) is 1.70. The molecular weight excluding hydrogens is 316 g/mol. The molecule has 0 saturated carbocycles. The SMILES string of the molecule is C[C@@H](OC(=O)CSCc1ccccc1Cl)C(=O)NC(N)=O. The number of hydrogen-bond acceptors (Lipinski definition) is 5. The zero-order valence-electron chi connectivity index (χ0n) is 11.3. The number of benzene rings is 1. The van der Waals surface area contributed by atoms with E-state index in [9.17, 15) is 14.4 Å². The van der Waals surface area contributed by atoms with Crippen molar-refractivity contribution in [3.63, 3.8) is 0 Å². The quantitative estimate of drug-likeness (QED) is 0.773. The van der Waals surface area contributed by atoms with Gasteiger partial charge < -0.3 is 10.5 Å². The predicted molar refractivity (Wildman–Crippen MR) is 80.9 cm³/mol. The Balaban J connectivity index is 2.33. The molecule has 0 saturated heterocycles. The number of nitrogens with two attached hydrogens (primary N) is 1. The number of ether oxygens (including phenoxy) is 1. The highest BCUT2D eigenvalue weighted by atomic mass is 35.5. The number of rotatable bonds is 6. The van der Waals surface area contributed by atoms with Crippen LogP contribution in [0.25, 0.3) is 0 Å². The topological polar surface area (TPSA) is 98.5 Å². The van der Waals surface area contributed by atoms with Crippen LogP contribution in [0.4, 0.5) is 4.79 Å². The van der Waals surface area contributed by atoms with Gasteiger partial charge in [-0.05, 0) is 18.6 Å². The second-order valence-corrected chi connectivity index (χ2v) is 5.46. The van der Waals surface area contributed by atoms with E-state index in [1.54, 1.807) is 6.07 Å². The van der Waals surface area contributed by atoms with Crippen LogP contribution in [0.3, 0.4) is 0 Å². The van der Waals surface area contributed by atoms with E-state index in [-0.39, 0.29) is 5.75 Å². The van der Waals surface area contributed by atoms with E-state index in [1.165, 1.54) is 18.7 Å². The molecule has 21 heavy (non-hydrogen) atoms. The highest BCUT2D eigenvalue weighted by molar-refractivity contribution is 7.99. The monoisotopic (exact) mass is 330 g/mol. The minimum absolute atomic E-state index is 0.0689. The van der Waals surface area contributed by atoms with Crippen molar-refractivity contribution in [1.29, 1.82) is 0 Å². The molecular formula is C13H15ClN2O4S. The van der Waals surface area contributed by atoms with E-state index in [1.807, 2.05) is 23.5 Å². The van der Waals surface area contributed by atoms with Crippen molar-refractivity contribution in [3.05, 3.63) is 34.9 Å². The van der Waals surface area contributed by atoms with Gasteiger partial charge in [0, 0.05) is 10.8 Å². The maximum Gasteiger partial charge on any atom is 0.318 e. The molecule has 114 valence electrons. The molecule has 0 spiro atoms. The van der Waals surface area contributed by atoms with Crippen LogP contribution in [-0.4, -0.2) is 29.8 Å². The average Bonchev–Trinajstić information content (AvgIpc) is 2.40. The van der Waals surface area contributed by atoms with Gasteiger partial charge >= 0.3 is 12.0 Å². The number of urea groups is 1. The smallest absolute Gasteiger partial charge is 0.318 e. The highest BCUT2D eigenvalue weighted by Crippen LogP contribution is 2.20. The van der Waals surface area contributed by atoms with Gasteiger partial charge in [0.15, 0.2) is 6.10 Å². The molecule has 3 amide bonds. The highest BCUT2D eigenvalue weighted by Gasteiger charge is 2.18. The minimum Gasteiger partial charge on any atom is -0.452 e. The van der Waals surface area contributed by atoms with Gasteiger partial charge in [-0.2, -0.15) is 0 Å². The lowest BCUT2D eigenvalue weighted by Crippen LogP contribution is -2.42. The van der Waals surface area contributed by atoms with E-state index in [2.05, 4.69) is 0 Å². The molecule has 1 rings (SSSR count). The second-order valence-electron chi connectivity index (χ2n) is 4.07. The largest absolute Gasteiger partial charge is 0.452 e. The third kappa shape index (κ3) is 6.50. The summed E-state index contributed by atoms with van der Waals surface area (Å²) in [5, 5.41) is 2.47. The third-order valence-corrected chi connectivity index (χ3v) is 3.68. The summed E-state index contributed by atoms with van der Waals surface area (Å²) in [5.41, 5.74) is 5.71. The van der Waals surface area contributed by atoms with Crippen molar-refractivity contribution in [3.8, 4) is 0 Å². The third-order valence-electron chi connectivity index (χ3n) is 2.36. The zero-order valence-corrected chi connectivity index (χ0v) is 12.9. The number of halogens is 1. The van der Waals surface area contributed by atoms with Gasteiger partial charge in [-0.15, -0.1) is 11.8 Å². The minimum atomic E-state index is -1.08. The number of thioether (sulfide) groups is 1. The first-order valence-corrected chi connectivity index (χ1v) is 7.54. The average molecular weight is 331 g/mol. The molecule has 1 aromatic rings. The van der Waals surface area contributed by atoms with E-state index < -0.39 is 24.0 Å². The van der Waals surface area contributed by atoms with Crippen LogP contribution in [0, 0.1) is 0 Å². The number of nitrogens with one attached hydrogen (secondary N) is 1. The summed E-state index contributed by atoms with van der Waals surface area (Å²) in [4.78, 5) is 33.4. The van der Waals surface area contributed by atoms with Crippen molar-refractivity contribution in [2.24, 2.45) is 5.73 Å². The van der Waals surface area contributed by atoms with Crippen LogP contribution >= 0.6 is 23.4 Å². The molecule has 6 nitrogen and oxygen atoms in total. The molecule has 0 radical (unpaired) electrons. The van der Waals surface area contributed by atoms with Gasteiger partial charge in [-0.3, -0.25) is 14.9 Å². The molecule has 1 aromatic carbocycles. The van der Waals surface area contributed by atoms with Crippen LogP contribution in [-0.2, 0) is 20.1 Å². The fourth-order valence-electron chi connectivity index (χ4n) is 1.37. The standard InChI is InChI=1S/C13H15ClN2O4S/c1-8(12(18)16-13(15)19)20-11(17)7-21-6-9-4-2-3-5-10(9)14/h2-5,8H,6-7H2,1H3,(H3,15,16,18,19)/t8-/m1/s1. The van der Waals surface area contributed by atoms with Crippen molar-refractivity contribution < 1.29 is 19.1 Å². The van der Waals surface area contributed by atoms with Gasteiger partial charge in [0.1, 0.15) is 0 Å². The Morgan fingerprint density at radius 2 is 2.05 bits per heavy atom. The van der Waals surface area contributed by atoms with E-state index in [0.717, 1.165) is 5.56 Å². The summed E-state index contributed by atoms with van der Waals surface area (Å²) in [5.74, 6) is -0.693. The molecule has 0 unspecified atom stereocenters. The van der Waals surface area contributed by atoms with Gasteiger partial charge in [0.05, 0.1) is 5.75 Å².